The summed E-state index contributed by atoms with van der Waals surface area (Å²) in [6, 6.07) is 9.36. The Balaban J connectivity index is 2.34. The maximum Gasteiger partial charge on any atom is 0.142 e. The van der Waals surface area contributed by atoms with Gasteiger partial charge in [-0.15, -0.1) is 0 Å². The summed E-state index contributed by atoms with van der Waals surface area (Å²) in [5.74, 6) is 1.57. The molecule has 1 aromatic carbocycles. The predicted molar refractivity (Wildman–Crippen MR) is 90.2 cm³/mol. The second kappa shape index (κ2) is 6.27. The number of para-hydroxylation sites is 2. The first-order valence-corrected chi connectivity index (χ1v) is 7.97. The highest BCUT2D eigenvalue weighted by molar-refractivity contribution is 5.59. The van der Waals surface area contributed by atoms with Gasteiger partial charge in [0.05, 0.1) is 12.8 Å². The SMILES string of the molecule is COc1ccccc1N1CC(C(C)(C)C)NCC1C(C)C. The second-order valence-electron chi connectivity index (χ2n) is 7.46. The van der Waals surface area contributed by atoms with E-state index in [-0.39, 0.29) is 5.41 Å². The predicted octanol–water partition coefficient (Wildman–Crippen LogP) is 3.54. The quantitative estimate of drug-likeness (QED) is 0.921. The van der Waals surface area contributed by atoms with Crippen molar-refractivity contribution in [1.29, 1.82) is 0 Å². The largest absolute Gasteiger partial charge is 0.495 e. The van der Waals surface area contributed by atoms with Gasteiger partial charge in [-0.3, -0.25) is 0 Å². The van der Waals surface area contributed by atoms with Crippen LogP contribution in [0.25, 0.3) is 0 Å². The molecule has 1 fully saturated rings. The molecule has 2 unspecified atom stereocenters. The number of hydrogen-bond acceptors (Lipinski definition) is 3. The number of benzene rings is 1. The Morgan fingerprint density at radius 2 is 1.90 bits per heavy atom. The van der Waals surface area contributed by atoms with E-state index < -0.39 is 0 Å². The van der Waals surface area contributed by atoms with E-state index in [2.05, 4.69) is 63.0 Å². The first-order valence-electron chi connectivity index (χ1n) is 7.97. The van der Waals surface area contributed by atoms with Gasteiger partial charge in [0, 0.05) is 25.2 Å². The molecule has 1 aliphatic rings. The first kappa shape index (κ1) is 16.2. The van der Waals surface area contributed by atoms with E-state index >= 15 is 0 Å². The lowest BCUT2D eigenvalue weighted by atomic mass is 9.83. The fourth-order valence-corrected chi connectivity index (χ4v) is 3.09. The summed E-state index contributed by atoms with van der Waals surface area (Å²) < 4.78 is 5.59. The summed E-state index contributed by atoms with van der Waals surface area (Å²) in [6.45, 7) is 13.6. The normalized spacial score (nSPS) is 23.5. The van der Waals surface area contributed by atoms with Gasteiger partial charge in [-0.05, 0) is 23.5 Å². The van der Waals surface area contributed by atoms with Crippen molar-refractivity contribution in [2.24, 2.45) is 11.3 Å². The van der Waals surface area contributed by atoms with Gasteiger partial charge in [0.25, 0.3) is 0 Å². The third-order valence-corrected chi connectivity index (χ3v) is 4.56. The number of rotatable bonds is 3. The number of hydrogen-bond donors (Lipinski definition) is 1. The van der Waals surface area contributed by atoms with Gasteiger partial charge in [-0.25, -0.2) is 0 Å². The van der Waals surface area contributed by atoms with Crippen molar-refractivity contribution in [1.82, 2.24) is 5.32 Å². The Labute approximate surface area is 129 Å². The van der Waals surface area contributed by atoms with Gasteiger partial charge in [-0.1, -0.05) is 46.8 Å². The minimum absolute atomic E-state index is 0.252. The Morgan fingerprint density at radius 1 is 1.24 bits per heavy atom. The molecule has 0 saturated carbocycles. The molecule has 0 radical (unpaired) electrons. The zero-order valence-electron chi connectivity index (χ0n) is 14.3. The van der Waals surface area contributed by atoms with Crippen molar-refractivity contribution in [3.63, 3.8) is 0 Å². The second-order valence-corrected chi connectivity index (χ2v) is 7.46. The van der Waals surface area contributed by atoms with E-state index in [4.69, 9.17) is 4.74 Å². The molecule has 0 spiro atoms. The molecule has 118 valence electrons. The fraction of sp³-hybridized carbons (Fsp3) is 0.667. The van der Waals surface area contributed by atoms with Crippen LogP contribution in [0.3, 0.4) is 0 Å². The Morgan fingerprint density at radius 3 is 2.48 bits per heavy atom. The summed E-state index contributed by atoms with van der Waals surface area (Å²) in [4.78, 5) is 2.54. The molecule has 3 nitrogen and oxygen atoms in total. The molecule has 0 bridgehead atoms. The van der Waals surface area contributed by atoms with Gasteiger partial charge < -0.3 is 15.0 Å². The Hall–Kier alpha value is -1.22. The lowest BCUT2D eigenvalue weighted by Crippen LogP contribution is -2.62. The van der Waals surface area contributed by atoms with Crippen molar-refractivity contribution in [3.05, 3.63) is 24.3 Å². The van der Waals surface area contributed by atoms with E-state index in [1.165, 1.54) is 5.69 Å². The van der Waals surface area contributed by atoms with Crippen LogP contribution in [-0.4, -0.2) is 32.3 Å². The first-order chi connectivity index (χ1) is 9.84. The molecule has 3 heteroatoms. The summed E-state index contributed by atoms with van der Waals surface area (Å²) >= 11 is 0. The molecule has 21 heavy (non-hydrogen) atoms. The van der Waals surface area contributed by atoms with Crippen LogP contribution in [0.2, 0.25) is 0 Å². The number of nitrogens with one attached hydrogen (secondary N) is 1. The van der Waals surface area contributed by atoms with Crippen LogP contribution in [0.1, 0.15) is 34.6 Å². The minimum Gasteiger partial charge on any atom is -0.495 e. The van der Waals surface area contributed by atoms with Crippen molar-refractivity contribution in [3.8, 4) is 5.75 Å². The molecule has 1 aliphatic heterocycles. The highest BCUT2D eigenvalue weighted by Crippen LogP contribution is 2.34. The van der Waals surface area contributed by atoms with Gasteiger partial charge in [0.2, 0.25) is 0 Å². The number of methoxy groups -OCH3 is 1. The fourth-order valence-electron chi connectivity index (χ4n) is 3.09. The Bertz CT molecular complexity index is 465. The molecule has 1 heterocycles. The Kier molecular flexibility index (Phi) is 4.82. The van der Waals surface area contributed by atoms with E-state index in [0.29, 0.717) is 18.0 Å². The van der Waals surface area contributed by atoms with Crippen LogP contribution in [0.4, 0.5) is 5.69 Å². The number of anilines is 1. The summed E-state index contributed by atoms with van der Waals surface area (Å²) in [5.41, 5.74) is 1.47. The van der Waals surface area contributed by atoms with Crippen LogP contribution in [0.5, 0.6) is 5.75 Å². The lowest BCUT2D eigenvalue weighted by Gasteiger charge is -2.47. The van der Waals surface area contributed by atoms with Crippen LogP contribution in [0, 0.1) is 11.3 Å². The molecule has 1 N–H and O–H groups in total. The maximum atomic E-state index is 5.59. The third kappa shape index (κ3) is 3.52. The van der Waals surface area contributed by atoms with Gasteiger partial charge in [0.1, 0.15) is 5.75 Å². The minimum atomic E-state index is 0.252. The molecular weight excluding hydrogens is 260 g/mol. The molecule has 2 atom stereocenters. The number of nitrogens with zero attached hydrogens (tertiary/aromatic N) is 1. The molecule has 0 aliphatic carbocycles. The van der Waals surface area contributed by atoms with Crippen LogP contribution >= 0.6 is 0 Å². The molecule has 1 saturated heterocycles. The molecular formula is C18H30N2O. The monoisotopic (exact) mass is 290 g/mol. The molecule has 1 aromatic rings. The van der Waals surface area contributed by atoms with Gasteiger partial charge in [0.15, 0.2) is 0 Å². The third-order valence-electron chi connectivity index (χ3n) is 4.56. The van der Waals surface area contributed by atoms with E-state index in [1.807, 2.05) is 6.07 Å². The van der Waals surface area contributed by atoms with Gasteiger partial charge in [-0.2, -0.15) is 0 Å². The maximum absolute atomic E-state index is 5.59. The van der Waals surface area contributed by atoms with Crippen molar-refractivity contribution < 1.29 is 4.74 Å². The van der Waals surface area contributed by atoms with Crippen molar-refractivity contribution in [2.45, 2.75) is 46.7 Å². The summed E-state index contributed by atoms with van der Waals surface area (Å²) in [6.07, 6.45) is 0. The number of ether oxygens (including phenoxy) is 1. The molecule has 2 rings (SSSR count). The number of piperazine rings is 1. The zero-order chi connectivity index (χ0) is 15.6. The topological polar surface area (TPSA) is 24.5 Å². The van der Waals surface area contributed by atoms with E-state index in [0.717, 1.165) is 18.8 Å². The van der Waals surface area contributed by atoms with Crippen molar-refractivity contribution >= 4 is 5.69 Å². The van der Waals surface area contributed by atoms with Gasteiger partial charge >= 0.3 is 0 Å². The van der Waals surface area contributed by atoms with Crippen LogP contribution < -0.4 is 15.0 Å². The van der Waals surface area contributed by atoms with E-state index in [9.17, 15) is 0 Å². The molecule has 0 amide bonds. The highest BCUT2D eigenvalue weighted by atomic mass is 16.5. The van der Waals surface area contributed by atoms with Crippen molar-refractivity contribution in [2.75, 3.05) is 25.1 Å². The average Bonchev–Trinajstić information content (AvgIpc) is 2.45. The summed E-state index contributed by atoms with van der Waals surface area (Å²) in [5, 5.41) is 3.75. The van der Waals surface area contributed by atoms with Crippen LogP contribution in [0.15, 0.2) is 24.3 Å². The smallest absolute Gasteiger partial charge is 0.142 e. The zero-order valence-corrected chi connectivity index (χ0v) is 14.3. The molecule has 0 aromatic heterocycles. The standard InChI is InChI=1S/C18H30N2O/c1-13(2)15-11-19-17(18(3,4)5)12-20(15)14-9-7-8-10-16(14)21-6/h7-10,13,15,17,19H,11-12H2,1-6H3. The van der Waals surface area contributed by atoms with Crippen LogP contribution in [-0.2, 0) is 0 Å². The lowest BCUT2D eigenvalue weighted by molar-refractivity contribution is 0.220. The highest BCUT2D eigenvalue weighted by Gasteiger charge is 2.36. The average molecular weight is 290 g/mol. The summed E-state index contributed by atoms with van der Waals surface area (Å²) in [7, 11) is 1.76. The van der Waals surface area contributed by atoms with E-state index in [1.54, 1.807) is 7.11 Å².